The van der Waals surface area contributed by atoms with Gasteiger partial charge in [-0.2, -0.15) is 0 Å². The summed E-state index contributed by atoms with van der Waals surface area (Å²) in [6.45, 7) is 0.669. The Morgan fingerprint density at radius 2 is 2.18 bits per heavy atom. The lowest BCUT2D eigenvalue weighted by atomic mass is 9.68. The van der Waals surface area contributed by atoms with E-state index in [1.165, 1.54) is 6.42 Å². The molecule has 4 nitrogen and oxygen atoms in total. The Hall–Kier alpha value is -1.68. The number of nitrogens with zero attached hydrogens (tertiary/aromatic N) is 2. The smallest absolute Gasteiger partial charge is 0.114 e. The largest absolute Gasteiger partial charge is 0.340 e. The van der Waals surface area contributed by atoms with Gasteiger partial charge in [-0.1, -0.05) is 12.5 Å². The van der Waals surface area contributed by atoms with Crippen LogP contribution in [0.2, 0.25) is 0 Å². The molecule has 0 aromatic carbocycles. The molecule has 0 spiro atoms. The summed E-state index contributed by atoms with van der Waals surface area (Å²) in [7, 11) is 0. The van der Waals surface area contributed by atoms with Crippen LogP contribution in [-0.2, 0) is 5.41 Å². The van der Waals surface area contributed by atoms with Gasteiger partial charge in [0.2, 0.25) is 0 Å². The van der Waals surface area contributed by atoms with E-state index in [1.54, 1.807) is 6.20 Å². The minimum absolute atomic E-state index is 0.0903. The number of aromatic nitrogens is 3. The maximum absolute atomic E-state index is 5.87. The highest BCUT2D eigenvalue weighted by Gasteiger charge is 2.39. The van der Waals surface area contributed by atoms with Gasteiger partial charge in [-0.3, -0.25) is 4.98 Å². The van der Waals surface area contributed by atoms with Crippen molar-refractivity contribution in [3.63, 3.8) is 0 Å². The van der Waals surface area contributed by atoms with Crippen LogP contribution in [-0.4, -0.2) is 21.5 Å². The van der Waals surface area contributed by atoms with Crippen molar-refractivity contribution in [1.82, 2.24) is 15.0 Å². The lowest BCUT2D eigenvalue weighted by molar-refractivity contribution is 0.240. The standard InChI is InChI=1S/C13H16N4/c14-9-13(5-3-6-13)12-16-8-11(17-12)10-4-1-2-7-15-10/h1-2,4,7-8H,3,5-6,9,14H2,(H,16,17). The van der Waals surface area contributed by atoms with Crippen molar-refractivity contribution < 1.29 is 0 Å². The molecule has 0 aliphatic heterocycles. The van der Waals surface area contributed by atoms with Crippen LogP contribution in [0.1, 0.15) is 25.1 Å². The second-order valence-corrected chi connectivity index (χ2v) is 4.70. The molecule has 0 atom stereocenters. The zero-order chi connectivity index (χ0) is 11.7. The maximum Gasteiger partial charge on any atom is 0.114 e. The molecule has 2 aromatic heterocycles. The second kappa shape index (κ2) is 3.96. The maximum atomic E-state index is 5.87. The number of nitrogens with two attached hydrogens (primary N) is 1. The highest BCUT2D eigenvalue weighted by atomic mass is 15.0. The van der Waals surface area contributed by atoms with E-state index >= 15 is 0 Å². The molecule has 0 amide bonds. The van der Waals surface area contributed by atoms with E-state index in [2.05, 4.69) is 15.0 Å². The van der Waals surface area contributed by atoms with Crippen molar-refractivity contribution in [2.75, 3.05) is 6.54 Å². The van der Waals surface area contributed by atoms with E-state index in [1.807, 2.05) is 24.4 Å². The first-order valence-corrected chi connectivity index (χ1v) is 6.01. The number of nitrogens with one attached hydrogen (secondary N) is 1. The molecule has 2 heterocycles. The fourth-order valence-corrected chi connectivity index (χ4v) is 2.38. The second-order valence-electron chi connectivity index (χ2n) is 4.70. The summed E-state index contributed by atoms with van der Waals surface area (Å²) in [4.78, 5) is 12.2. The van der Waals surface area contributed by atoms with E-state index in [0.29, 0.717) is 6.54 Å². The number of imidazole rings is 1. The highest BCUT2D eigenvalue weighted by Crippen LogP contribution is 2.41. The van der Waals surface area contributed by atoms with Crippen molar-refractivity contribution in [1.29, 1.82) is 0 Å². The van der Waals surface area contributed by atoms with Gasteiger partial charge < -0.3 is 10.7 Å². The third kappa shape index (κ3) is 1.65. The van der Waals surface area contributed by atoms with E-state index in [9.17, 15) is 0 Å². The van der Waals surface area contributed by atoms with Gasteiger partial charge in [0.15, 0.2) is 0 Å². The number of hydrogen-bond acceptors (Lipinski definition) is 3. The van der Waals surface area contributed by atoms with Crippen LogP contribution in [0.4, 0.5) is 0 Å². The van der Waals surface area contributed by atoms with Crippen molar-refractivity contribution in [2.45, 2.75) is 24.7 Å². The normalized spacial score (nSPS) is 17.7. The molecule has 0 radical (unpaired) electrons. The summed E-state index contributed by atoms with van der Waals surface area (Å²) < 4.78 is 0. The highest BCUT2D eigenvalue weighted by molar-refractivity contribution is 5.53. The molecular weight excluding hydrogens is 212 g/mol. The summed E-state index contributed by atoms with van der Waals surface area (Å²) in [6.07, 6.45) is 7.17. The van der Waals surface area contributed by atoms with E-state index < -0.39 is 0 Å². The lowest BCUT2D eigenvalue weighted by Gasteiger charge is -2.38. The molecule has 3 rings (SSSR count). The predicted molar refractivity (Wildman–Crippen MR) is 66.4 cm³/mol. The molecule has 1 saturated carbocycles. The van der Waals surface area contributed by atoms with Gasteiger partial charge in [-0.15, -0.1) is 0 Å². The Balaban J connectivity index is 1.93. The van der Waals surface area contributed by atoms with E-state index in [-0.39, 0.29) is 5.41 Å². The number of aromatic amines is 1. The third-order valence-corrected chi connectivity index (χ3v) is 3.72. The Labute approximate surface area is 100 Å². The molecule has 0 unspecified atom stereocenters. The minimum atomic E-state index is 0.0903. The molecule has 4 heteroatoms. The first-order chi connectivity index (χ1) is 8.34. The average molecular weight is 228 g/mol. The SMILES string of the molecule is NCC1(c2ncc(-c3ccccn3)[nH]2)CCC1. The number of rotatable bonds is 3. The zero-order valence-corrected chi connectivity index (χ0v) is 9.69. The third-order valence-electron chi connectivity index (χ3n) is 3.72. The number of H-pyrrole nitrogens is 1. The summed E-state index contributed by atoms with van der Waals surface area (Å²) in [5, 5.41) is 0. The van der Waals surface area contributed by atoms with Gasteiger partial charge in [0, 0.05) is 18.2 Å². The van der Waals surface area contributed by atoms with E-state index in [4.69, 9.17) is 5.73 Å². The minimum Gasteiger partial charge on any atom is -0.340 e. The van der Waals surface area contributed by atoms with Crippen LogP contribution in [0.3, 0.4) is 0 Å². The van der Waals surface area contributed by atoms with Crippen molar-refractivity contribution in [3.05, 3.63) is 36.4 Å². The predicted octanol–water partition coefficient (Wildman–Crippen LogP) is 1.85. The molecular formula is C13H16N4. The Morgan fingerprint density at radius 3 is 2.76 bits per heavy atom. The first kappa shape index (κ1) is 10.5. The molecule has 2 aromatic rings. The van der Waals surface area contributed by atoms with Crippen LogP contribution >= 0.6 is 0 Å². The van der Waals surface area contributed by atoms with Crippen molar-refractivity contribution >= 4 is 0 Å². The fourth-order valence-electron chi connectivity index (χ4n) is 2.38. The summed E-state index contributed by atoms with van der Waals surface area (Å²) in [5.41, 5.74) is 7.86. The van der Waals surface area contributed by atoms with Gasteiger partial charge in [0.05, 0.1) is 17.6 Å². The Kier molecular flexibility index (Phi) is 2.44. The Bertz CT molecular complexity index is 494. The monoisotopic (exact) mass is 228 g/mol. The molecule has 1 aliphatic rings. The van der Waals surface area contributed by atoms with Crippen LogP contribution < -0.4 is 5.73 Å². The molecule has 17 heavy (non-hydrogen) atoms. The first-order valence-electron chi connectivity index (χ1n) is 6.01. The van der Waals surface area contributed by atoms with E-state index in [0.717, 1.165) is 30.1 Å². The summed E-state index contributed by atoms with van der Waals surface area (Å²) in [6, 6.07) is 5.87. The molecule has 88 valence electrons. The van der Waals surface area contributed by atoms with Gasteiger partial charge in [-0.25, -0.2) is 4.98 Å². The van der Waals surface area contributed by atoms with Gasteiger partial charge >= 0.3 is 0 Å². The van der Waals surface area contributed by atoms with Crippen LogP contribution in [0, 0.1) is 0 Å². The van der Waals surface area contributed by atoms with Gasteiger partial charge in [0.25, 0.3) is 0 Å². The summed E-state index contributed by atoms with van der Waals surface area (Å²) in [5.74, 6) is 1.02. The number of pyridine rings is 1. The van der Waals surface area contributed by atoms with Crippen molar-refractivity contribution in [3.8, 4) is 11.4 Å². The van der Waals surface area contributed by atoms with Crippen molar-refractivity contribution in [2.24, 2.45) is 5.73 Å². The summed E-state index contributed by atoms with van der Waals surface area (Å²) >= 11 is 0. The quantitative estimate of drug-likeness (QED) is 0.842. The molecule has 1 fully saturated rings. The molecule has 0 saturated heterocycles. The molecule has 0 bridgehead atoms. The van der Waals surface area contributed by atoms with Crippen LogP contribution in [0.25, 0.3) is 11.4 Å². The molecule has 3 N–H and O–H groups in total. The average Bonchev–Trinajstić information content (AvgIpc) is 2.80. The van der Waals surface area contributed by atoms with Gasteiger partial charge in [0.1, 0.15) is 5.82 Å². The molecule has 1 aliphatic carbocycles. The van der Waals surface area contributed by atoms with Crippen LogP contribution in [0.15, 0.2) is 30.6 Å². The van der Waals surface area contributed by atoms with Gasteiger partial charge in [-0.05, 0) is 25.0 Å². The topological polar surface area (TPSA) is 67.6 Å². The fraction of sp³-hybridized carbons (Fsp3) is 0.385. The Morgan fingerprint density at radius 1 is 1.29 bits per heavy atom. The number of hydrogen-bond donors (Lipinski definition) is 2. The zero-order valence-electron chi connectivity index (χ0n) is 9.69. The van der Waals surface area contributed by atoms with Crippen LogP contribution in [0.5, 0.6) is 0 Å². The lowest BCUT2D eigenvalue weighted by Crippen LogP contribution is -2.42.